The van der Waals surface area contributed by atoms with Gasteiger partial charge in [-0.05, 0) is 37.9 Å². The number of hydrogen-bond donors (Lipinski definition) is 1. The number of phenols is 1. The summed E-state index contributed by atoms with van der Waals surface area (Å²) in [6.45, 7) is 10.1. The average Bonchev–Trinajstić information content (AvgIpc) is 3.14. The fraction of sp³-hybridized carbons (Fsp3) is 0.571. The molecule has 2 aliphatic heterocycles. The van der Waals surface area contributed by atoms with E-state index in [1.54, 1.807) is 20.7 Å². The zero-order valence-electron chi connectivity index (χ0n) is 17.3. The highest BCUT2D eigenvalue weighted by Crippen LogP contribution is 2.36. The van der Waals surface area contributed by atoms with Gasteiger partial charge in [0.25, 0.3) is 0 Å². The monoisotopic (exact) mass is 450 g/mol. The van der Waals surface area contributed by atoms with Gasteiger partial charge in [-0.15, -0.1) is 0 Å². The number of benzene rings is 1. The van der Waals surface area contributed by atoms with Gasteiger partial charge in [0.05, 0.1) is 0 Å². The molecular formula is C21H30N4OS3. The maximum Gasteiger partial charge on any atom is 0.124 e. The molecule has 2 fully saturated rings. The number of piperazine rings is 2. The fourth-order valence-corrected chi connectivity index (χ4v) is 6.39. The van der Waals surface area contributed by atoms with Gasteiger partial charge in [0.1, 0.15) is 9.57 Å². The first-order valence-corrected chi connectivity index (χ1v) is 12.8. The van der Waals surface area contributed by atoms with Crippen molar-refractivity contribution < 1.29 is 5.11 Å². The second kappa shape index (κ2) is 9.51. The Morgan fingerprint density at radius 1 is 0.793 bits per heavy atom. The van der Waals surface area contributed by atoms with Crippen LogP contribution in [0.5, 0.6) is 5.75 Å². The Morgan fingerprint density at radius 2 is 1.28 bits per heavy atom. The van der Waals surface area contributed by atoms with Gasteiger partial charge in [-0.3, -0.25) is 9.80 Å². The third-order valence-corrected chi connectivity index (χ3v) is 8.90. The number of likely N-dealkylation sites (N-methyl/N-ethyl adjacent to an activating group) is 2. The number of rotatable bonds is 5. The standard InChI is InChI=1S/C21H30N4OS3/c1-22-3-7-24(8-4-22)14-17-11-16(19-13-20(27)29-28-19)12-18(21(17)26)15-25-9-5-23(2)6-10-25/h11-13,26H,3-10,14-15H2,1-2H3. The highest BCUT2D eigenvalue weighted by molar-refractivity contribution is 7.80. The van der Waals surface area contributed by atoms with Crippen molar-refractivity contribution in [2.45, 2.75) is 13.1 Å². The predicted octanol–water partition coefficient (Wildman–Crippen LogP) is 3.41. The lowest BCUT2D eigenvalue weighted by molar-refractivity contribution is 0.144. The van der Waals surface area contributed by atoms with Crippen molar-refractivity contribution in [3.05, 3.63) is 33.1 Å². The lowest BCUT2D eigenvalue weighted by atomic mass is 10.0. The van der Waals surface area contributed by atoms with Gasteiger partial charge < -0.3 is 14.9 Å². The van der Waals surface area contributed by atoms with Crippen LogP contribution in [0.4, 0.5) is 0 Å². The summed E-state index contributed by atoms with van der Waals surface area (Å²) in [5.41, 5.74) is 3.27. The quantitative estimate of drug-likeness (QED) is 0.555. The molecule has 0 aliphatic carbocycles. The summed E-state index contributed by atoms with van der Waals surface area (Å²) in [5, 5.41) is 11.1. The SMILES string of the molecule is CN1CCN(Cc2cc(-c3cc(=S)ss3)cc(CN3CCN(C)CC3)c2O)CC1. The van der Waals surface area contributed by atoms with Crippen molar-refractivity contribution in [3.63, 3.8) is 0 Å². The predicted molar refractivity (Wildman–Crippen MR) is 126 cm³/mol. The van der Waals surface area contributed by atoms with E-state index in [9.17, 15) is 5.11 Å². The van der Waals surface area contributed by atoms with Crippen LogP contribution in [0.25, 0.3) is 10.4 Å². The Balaban J connectivity index is 1.61. The van der Waals surface area contributed by atoms with E-state index in [2.05, 4.69) is 51.9 Å². The van der Waals surface area contributed by atoms with Crippen molar-refractivity contribution in [2.75, 3.05) is 66.5 Å². The molecule has 2 aliphatic rings. The molecule has 0 bridgehead atoms. The minimum Gasteiger partial charge on any atom is -0.507 e. The van der Waals surface area contributed by atoms with E-state index in [0.29, 0.717) is 5.75 Å². The number of phenolic OH excluding ortho intramolecular Hbond substituents is 1. The molecule has 29 heavy (non-hydrogen) atoms. The average molecular weight is 451 g/mol. The van der Waals surface area contributed by atoms with Crippen LogP contribution in [-0.2, 0) is 13.1 Å². The summed E-state index contributed by atoms with van der Waals surface area (Å²) < 4.78 is 0.930. The Bertz CT molecular complexity index is 835. The zero-order chi connectivity index (χ0) is 20.4. The summed E-state index contributed by atoms with van der Waals surface area (Å²) in [6.07, 6.45) is 0. The van der Waals surface area contributed by atoms with Crippen LogP contribution in [0.2, 0.25) is 0 Å². The van der Waals surface area contributed by atoms with Crippen molar-refractivity contribution >= 4 is 32.9 Å². The van der Waals surface area contributed by atoms with Crippen molar-refractivity contribution in [1.29, 1.82) is 0 Å². The van der Waals surface area contributed by atoms with Gasteiger partial charge in [-0.25, -0.2) is 0 Å². The van der Waals surface area contributed by atoms with E-state index >= 15 is 0 Å². The van der Waals surface area contributed by atoms with Crippen LogP contribution >= 0.6 is 32.9 Å². The molecule has 0 saturated carbocycles. The number of aromatic hydroxyl groups is 1. The number of nitrogens with zero attached hydrogens (tertiary/aromatic N) is 4. The molecule has 0 spiro atoms. The van der Waals surface area contributed by atoms with E-state index in [1.807, 2.05) is 0 Å². The highest BCUT2D eigenvalue weighted by atomic mass is 32.9. The molecule has 5 nitrogen and oxygen atoms in total. The molecule has 0 atom stereocenters. The Kier molecular flexibility index (Phi) is 7.01. The Labute approximate surface area is 186 Å². The zero-order valence-corrected chi connectivity index (χ0v) is 19.7. The van der Waals surface area contributed by atoms with E-state index in [4.69, 9.17) is 12.2 Å². The third-order valence-electron chi connectivity index (χ3n) is 5.99. The lowest BCUT2D eigenvalue weighted by Crippen LogP contribution is -2.44. The van der Waals surface area contributed by atoms with Crippen LogP contribution < -0.4 is 0 Å². The molecule has 3 heterocycles. The normalized spacial score (nSPS) is 20.3. The maximum atomic E-state index is 11.1. The van der Waals surface area contributed by atoms with Crippen LogP contribution in [0.1, 0.15) is 11.1 Å². The first kappa shape index (κ1) is 21.4. The summed E-state index contributed by atoms with van der Waals surface area (Å²) >= 11 is 5.36. The molecule has 0 amide bonds. The minimum absolute atomic E-state index is 0.477. The largest absolute Gasteiger partial charge is 0.507 e. The molecule has 1 aromatic carbocycles. The Morgan fingerprint density at radius 3 is 1.69 bits per heavy atom. The molecule has 2 aromatic rings. The summed E-state index contributed by atoms with van der Waals surface area (Å²) in [5.74, 6) is 0.477. The lowest BCUT2D eigenvalue weighted by Gasteiger charge is -2.34. The molecular weight excluding hydrogens is 420 g/mol. The second-order valence-corrected chi connectivity index (χ2v) is 11.2. The van der Waals surface area contributed by atoms with E-state index < -0.39 is 0 Å². The van der Waals surface area contributed by atoms with Gasteiger partial charge >= 0.3 is 0 Å². The summed E-state index contributed by atoms with van der Waals surface area (Å²) in [6, 6.07) is 6.44. The van der Waals surface area contributed by atoms with E-state index in [0.717, 1.165) is 80.4 Å². The molecule has 4 rings (SSSR count). The molecule has 0 radical (unpaired) electrons. The van der Waals surface area contributed by atoms with Gasteiger partial charge in [0.15, 0.2) is 0 Å². The molecule has 1 N–H and O–H groups in total. The molecule has 1 aromatic heterocycles. The summed E-state index contributed by atoms with van der Waals surface area (Å²) in [4.78, 5) is 10.8. The molecule has 8 heteroatoms. The van der Waals surface area contributed by atoms with Crippen LogP contribution in [0.15, 0.2) is 18.2 Å². The van der Waals surface area contributed by atoms with Crippen LogP contribution in [0, 0.1) is 3.82 Å². The topological polar surface area (TPSA) is 33.2 Å². The minimum atomic E-state index is 0.477. The fourth-order valence-electron chi connectivity index (χ4n) is 4.01. The Hall–Kier alpha value is -0.870. The summed E-state index contributed by atoms with van der Waals surface area (Å²) in [7, 11) is 7.73. The first-order chi connectivity index (χ1) is 14.0. The van der Waals surface area contributed by atoms with Crippen molar-refractivity contribution in [2.24, 2.45) is 0 Å². The highest BCUT2D eigenvalue weighted by Gasteiger charge is 2.21. The second-order valence-electron chi connectivity index (χ2n) is 8.30. The van der Waals surface area contributed by atoms with E-state index in [1.165, 1.54) is 10.4 Å². The third kappa shape index (κ3) is 5.44. The van der Waals surface area contributed by atoms with Crippen LogP contribution in [-0.4, -0.2) is 91.2 Å². The molecule has 0 unspecified atom stereocenters. The van der Waals surface area contributed by atoms with Gasteiger partial charge in [-0.1, -0.05) is 32.9 Å². The van der Waals surface area contributed by atoms with Crippen LogP contribution in [0.3, 0.4) is 0 Å². The number of hydrogen-bond acceptors (Lipinski definition) is 8. The van der Waals surface area contributed by atoms with E-state index in [-0.39, 0.29) is 0 Å². The molecule has 158 valence electrons. The van der Waals surface area contributed by atoms with Crippen molar-refractivity contribution in [1.82, 2.24) is 19.6 Å². The van der Waals surface area contributed by atoms with Gasteiger partial charge in [0, 0.05) is 81.5 Å². The molecule has 2 saturated heterocycles. The smallest absolute Gasteiger partial charge is 0.124 e. The van der Waals surface area contributed by atoms with Gasteiger partial charge in [0.2, 0.25) is 0 Å². The maximum absolute atomic E-state index is 11.1. The first-order valence-electron chi connectivity index (χ1n) is 10.2. The van der Waals surface area contributed by atoms with Crippen molar-refractivity contribution in [3.8, 4) is 16.2 Å². The van der Waals surface area contributed by atoms with Gasteiger partial charge in [-0.2, -0.15) is 0 Å².